The number of carboxylic acid groups (broad SMARTS) is 1. The smallest absolute Gasteiger partial charge is 0.312 e. The zero-order valence-corrected chi connectivity index (χ0v) is 19.6. The number of carbonyl (C=O) groups is 1. The second-order valence-corrected chi connectivity index (χ2v) is 11.5. The molecule has 0 unspecified atom stereocenters. The number of epoxide rings is 1. The largest absolute Gasteiger partial charge is 0.481 e. The molecule has 3 atom stereocenters. The molecule has 164 valence electrons. The molecule has 2 N–H and O–H groups in total. The Hall–Kier alpha value is -1.44. The van der Waals surface area contributed by atoms with Gasteiger partial charge in [0, 0.05) is 6.54 Å². The van der Waals surface area contributed by atoms with E-state index in [-0.39, 0.29) is 17.4 Å². The molecule has 0 aliphatic carbocycles. The molecule has 1 aromatic rings. The maximum absolute atomic E-state index is 12.9. The minimum absolute atomic E-state index is 0.0585. The lowest BCUT2D eigenvalue weighted by Crippen LogP contribution is -2.49. The van der Waals surface area contributed by atoms with E-state index in [4.69, 9.17) is 4.74 Å². The second kappa shape index (κ2) is 8.00. The minimum Gasteiger partial charge on any atom is -0.481 e. The van der Waals surface area contributed by atoms with Crippen LogP contribution in [0, 0.1) is 37.5 Å². The molecule has 7 heteroatoms. The minimum atomic E-state index is -3.72. The number of rotatable bonds is 8. The van der Waals surface area contributed by atoms with Crippen LogP contribution in [0.3, 0.4) is 0 Å². The molecule has 0 saturated carbocycles. The number of benzene rings is 1. The fourth-order valence-corrected chi connectivity index (χ4v) is 6.10. The number of sulfonamides is 1. The third-order valence-corrected chi connectivity index (χ3v) is 7.59. The van der Waals surface area contributed by atoms with Gasteiger partial charge in [-0.25, -0.2) is 13.1 Å². The predicted octanol–water partition coefficient (Wildman–Crippen LogP) is 3.82. The number of ether oxygens (including phenoxy) is 1. The molecular weight excluding hydrogens is 390 g/mol. The zero-order chi connectivity index (χ0) is 22.4. The van der Waals surface area contributed by atoms with E-state index < -0.39 is 39.0 Å². The van der Waals surface area contributed by atoms with Crippen LogP contribution in [0.5, 0.6) is 0 Å². The number of aliphatic carboxylic acids is 1. The van der Waals surface area contributed by atoms with Gasteiger partial charge in [-0.05, 0) is 49.7 Å². The summed E-state index contributed by atoms with van der Waals surface area (Å²) in [5, 5.41) is 10.1. The van der Waals surface area contributed by atoms with E-state index in [1.807, 2.05) is 53.7 Å². The van der Waals surface area contributed by atoms with Gasteiger partial charge in [0.15, 0.2) is 0 Å². The molecule has 1 aliphatic heterocycles. The molecule has 0 aromatic heterocycles. The van der Waals surface area contributed by atoms with Crippen LogP contribution >= 0.6 is 0 Å². The normalized spacial score (nSPS) is 21.8. The van der Waals surface area contributed by atoms with Gasteiger partial charge in [0.25, 0.3) is 0 Å². The highest BCUT2D eigenvalue weighted by molar-refractivity contribution is 7.89. The Morgan fingerprint density at radius 3 is 2.10 bits per heavy atom. The summed E-state index contributed by atoms with van der Waals surface area (Å²) in [5.41, 5.74) is 0.781. The summed E-state index contributed by atoms with van der Waals surface area (Å²) in [6.07, 6.45) is -0.508. The fraction of sp³-hybridized carbons (Fsp3) is 0.682. The first-order valence-electron chi connectivity index (χ1n) is 10.1. The first kappa shape index (κ1) is 23.8. The molecule has 1 aromatic carbocycles. The Kier molecular flexibility index (Phi) is 6.58. The lowest BCUT2D eigenvalue weighted by atomic mass is 9.60. The van der Waals surface area contributed by atoms with Crippen molar-refractivity contribution < 1.29 is 23.1 Å². The van der Waals surface area contributed by atoms with Crippen molar-refractivity contribution >= 4 is 16.0 Å². The van der Waals surface area contributed by atoms with E-state index in [0.717, 1.165) is 5.56 Å². The van der Waals surface area contributed by atoms with Gasteiger partial charge in [-0.3, -0.25) is 4.79 Å². The molecule has 1 heterocycles. The van der Waals surface area contributed by atoms with Gasteiger partial charge in [-0.2, -0.15) is 0 Å². The van der Waals surface area contributed by atoms with Crippen LogP contribution < -0.4 is 4.72 Å². The van der Waals surface area contributed by atoms with Crippen molar-refractivity contribution in [3.8, 4) is 0 Å². The standard InChI is InChI=1S/C22H35NO5S/c1-13(2)11-22(20(24)25,21(6,7)8)19-17(28-19)12-23-29(26,27)18-15(4)9-14(3)10-16(18)5/h9-10,13,17,19,23H,11-12H2,1-8H3,(H,24,25)/t17-,19+,22-/m1/s1. The first-order valence-corrected chi connectivity index (χ1v) is 11.6. The van der Waals surface area contributed by atoms with E-state index >= 15 is 0 Å². The third-order valence-electron chi connectivity index (χ3n) is 5.87. The summed E-state index contributed by atoms with van der Waals surface area (Å²) in [4.78, 5) is 12.6. The zero-order valence-electron chi connectivity index (χ0n) is 18.8. The number of hydrogen-bond donors (Lipinski definition) is 2. The molecule has 0 amide bonds. The monoisotopic (exact) mass is 425 g/mol. The Morgan fingerprint density at radius 1 is 1.17 bits per heavy atom. The van der Waals surface area contributed by atoms with E-state index in [1.54, 1.807) is 13.8 Å². The van der Waals surface area contributed by atoms with Crippen LogP contribution in [0.1, 0.15) is 57.7 Å². The van der Waals surface area contributed by atoms with E-state index in [1.165, 1.54) is 0 Å². The first-order chi connectivity index (χ1) is 13.1. The van der Waals surface area contributed by atoms with Crippen molar-refractivity contribution in [1.29, 1.82) is 0 Å². The number of aryl methyl sites for hydroxylation is 3. The lowest BCUT2D eigenvalue weighted by molar-refractivity contribution is -0.160. The average molecular weight is 426 g/mol. The van der Waals surface area contributed by atoms with E-state index in [0.29, 0.717) is 17.5 Å². The Labute approximate surface area is 175 Å². The molecule has 0 bridgehead atoms. The summed E-state index contributed by atoms with van der Waals surface area (Å²) < 4.78 is 34.2. The Balaban J connectivity index is 2.23. The van der Waals surface area contributed by atoms with Crippen molar-refractivity contribution in [3.05, 3.63) is 28.8 Å². The molecule has 6 nitrogen and oxygen atoms in total. The Bertz CT molecular complexity index is 862. The summed E-state index contributed by atoms with van der Waals surface area (Å²) in [6.45, 7) is 15.3. The fourth-order valence-electron chi connectivity index (χ4n) is 4.61. The highest BCUT2D eigenvalue weighted by atomic mass is 32.2. The molecule has 1 fully saturated rings. The maximum atomic E-state index is 12.9. The summed E-state index contributed by atoms with van der Waals surface area (Å²) in [6, 6.07) is 3.69. The van der Waals surface area contributed by atoms with Crippen LogP contribution in [0.15, 0.2) is 17.0 Å². The van der Waals surface area contributed by atoms with Crippen molar-refractivity contribution in [2.45, 2.75) is 78.9 Å². The number of hydrogen-bond acceptors (Lipinski definition) is 4. The van der Waals surface area contributed by atoms with Gasteiger partial charge in [0.05, 0.1) is 11.0 Å². The van der Waals surface area contributed by atoms with Crippen molar-refractivity contribution in [2.75, 3.05) is 6.54 Å². The highest BCUT2D eigenvalue weighted by Crippen LogP contribution is 2.54. The van der Waals surface area contributed by atoms with Crippen molar-refractivity contribution in [2.24, 2.45) is 16.7 Å². The second-order valence-electron chi connectivity index (χ2n) is 9.80. The van der Waals surface area contributed by atoms with Crippen LogP contribution in [0.4, 0.5) is 0 Å². The van der Waals surface area contributed by atoms with Crippen LogP contribution in [0.2, 0.25) is 0 Å². The maximum Gasteiger partial charge on any atom is 0.312 e. The third kappa shape index (κ3) is 4.67. The quantitative estimate of drug-likeness (QED) is 0.617. The van der Waals surface area contributed by atoms with Gasteiger partial charge < -0.3 is 9.84 Å². The number of carboxylic acids is 1. The predicted molar refractivity (Wildman–Crippen MR) is 113 cm³/mol. The van der Waals surface area contributed by atoms with Crippen LogP contribution in [-0.2, 0) is 19.6 Å². The number of nitrogens with one attached hydrogen (secondary N) is 1. The molecule has 1 saturated heterocycles. The highest BCUT2D eigenvalue weighted by Gasteiger charge is 2.64. The lowest BCUT2D eigenvalue weighted by Gasteiger charge is -2.41. The molecular formula is C22H35NO5S. The van der Waals surface area contributed by atoms with Gasteiger partial charge in [0.2, 0.25) is 10.0 Å². The van der Waals surface area contributed by atoms with Gasteiger partial charge in [0.1, 0.15) is 11.5 Å². The summed E-state index contributed by atoms with van der Waals surface area (Å²) in [7, 11) is -3.72. The molecule has 2 rings (SSSR count). The van der Waals surface area contributed by atoms with Crippen molar-refractivity contribution in [3.63, 3.8) is 0 Å². The van der Waals surface area contributed by atoms with E-state index in [9.17, 15) is 18.3 Å². The van der Waals surface area contributed by atoms with Crippen molar-refractivity contribution in [1.82, 2.24) is 4.72 Å². The van der Waals surface area contributed by atoms with Gasteiger partial charge in [-0.1, -0.05) is 52.3 Å². The van der Waals surface area contributed by atoms with Gasteiger partial charge in [-0.15, -0.1) is 0 Å². The van der Waals surface area contributed by atoms with Crippen LogP contribution in [-0.4, -0.2) is 38.2 Å². The average Bonchev–Trinajstić information content (AvgIpc) is 3.27. The SMILES string of the molecule is Cc1cc(C)c(S(=O)(=O)NC[C@H]2O[C@@H]2[C@](CC(C)C)(C(=O)O)C(C)(C)C)c(C)c1. The van der Waals surface area contributed by atoms with Gasteiger partial charge >= 0.3 is 5.97 Å². The molecule has 0 spiro atoms. The summed E-state index contributed by atoms with van der Waals surface area (Å²) in [5.74, 6) is -0.719. The molecule has 0 radical (unpaired) electrons. The van der Waals surface area contributed by atoms with E-state index in [2.05, 4.69) is 4.72 Å². The topological polar surface area (TPSA) is 96.0 Å². The molecule has 29 heavy (non-hydrogen) atoms. The van der Waals surface area contributed by atoms with Crippen LogP contribution in [0.25, 0.3) is 0 Å². The molecule has 1 aliphatic rings. The summed E-state index contributed by atoms with van der Waals surface area (Å²) >= 11 is 0. The Morgan fingerprint density at radius 2 is 1.69 bits per heavy atom.